The van der Waals surface area contributed by atoms with Gasteiger partial charge in [0.1, 0.15) is 0 Å². The first-order chi connectivity index (χ1) is 11.8. The molecule has 0 aliphatic carbocycles. The maximum atomic E-state index is 5.54. The second-order valence-electron chi connectivity index (χ2n) is 6.46. The Morgan fingerprint density at radius 1 is 1.25 bits per heavy atom. The molecule has 3 rings (SSSR count). The average Bonchev–Trinajstić information content (AvgIpc) is 3.07. The van der Waals surface area contributed by atoms with E-state index < -0.39 is 0 Å². The lowest BCUT2D eigenvalue weighted by atomic mass is 9.97. The van der Waals surface area contributed by atoms with Gasteiger partial charge < -0.3 is 20.0 Å². The fourth-order valence-electron chi connectivity index (χ4n) is 3.23. The van der Waals surface area contributed by atoms with Crippen LogP contribution in [0.3, 0.4) is 0 Å². The predicted octanol–water partition coefficient (Wildman–Crippen LogP) is 2.16. The zero-order valence-electron chi connectivity index (χ0n) is 14.4. The largest absolute Gasteiger partial charge is 0.407 e. The van der Waals surface area contributed by atoms with Crippen LogP contribution in [0.1, 0.15) is 24.3 Å². The van der Waals surface area contributed by atoms with E-state index in [1.807, 2.05) is 7.05 Å². The van der Waals surface area contributed by atoms with Crippen molar-refractivity contribution >= 4 is 6.01 Å². The molecule has 0 spiro atoms. The summed E-state index contributed by atoms with van der Waals surface area (Å²) in [5.74, 6) is 1.25. The van der Waals surface area contributed by atoms with Crippen LogP contribution in [0.5, 0.6) is 0 Å². The van der Waals surface area contributed by atoms with E-state index in [1.165, 1.54) is 24.9 Å². The molecule has 0 radical (unpaired) electrons. The Bertz CT molecular complexity index is 600. The molecule has 0 bridgehead atoms. The van der Waals surface area contributed by atoms with Crippen molar-refractivity contribution in [1.82, 2.24) is 20.4 Å². The van der Waals surface area contributed by atoms with Gasteiger partial charge >= 0.3 is 6.01 Å². The van der Waals surface area contributed by atoms with Crippen molar-refractivity contribution in [1.29, 1.82) is 0 Å². The lowest BCUT2D eigenvalue weighted by molar-refractivity contribution is 0.182. The molecule has 1 aromatic carbocycles. The van der Waals surface area contributed by atoms with Gasteiger partial charge in [-0.2, -0.15) is 0 Å². The highest BCUT2D eigenvalue weighted by atomic mass is 16.4. The summed E-state index contributed by atoms with van der Waals surface area (Å²) in [6.07, 6.45) is 3.64. The second kappa shape index (κ2) is 8.80. The lowest BCUT2D eigenvalue weighted by Crippen LogP contribution is -2.39. The molecule has 1 aromatic heterocycles. The maximum absolute atomic E-state index is 5.54. The summed E-state index contributed by atoms with van der Waals surface area (Å²) >= 11 is 0. The van der Waals surface area contributed by atoms with Gasteiger partial charge in [-0.1, -0.05) is 35.4 Å². The summed E-state index contributed by atoms with van der Waals surface area (Å²) in [7, 11) is 1.86. The van der Waals surface area contributed by atoms with E-state index >= 15 is 0 Å². The minimum Gasteiger partial charge on any atom is -0.407 e. The van der Waals surface area contributed by atoms with Crippen molar-refractivity contribution < 1.29 is 4.42 Å². The molecule has 1 atom stereocenters. The molecule has 1 aliphatic heterocycles. The average molecular weight is 329 g/mol. The zero-order chi connectivity index (χ0) is 16.6. The number of nitrogens with one attached hydrogen (secondary N) is 2. The second-order valence-corrected chi connectivity index (χ2v) is 6.46. The maximum Gasteiger partial charge on any atom is 0.315 e. The van der Waals surface area contributed by atoms with Crippen LogP contribution in [0, 0.1) is 5.92 Å². The van der Waals surface area contributed by atoms with Gasteiger partial charge in [-0.15, -0.1) is 5.10 Å². The molecule has 130 valence electrons. The van der Waals surface area contributed by atoms with E-state index in [4.69, 9.17) is 4.42 Å². The Balaban J connectivity index is 1.41. The summed E-state index contributed by atoms with van der Waals surface area (Å²) in [5.41, 5.74) is 1.42. The van der Waals surface area contributed by atoms with Gasteiger partial charge in [-0.25, -0.2) is 0 Å². The van der Waals surface area contributed by atoms with Gasteiger partial charge in [0.25, 0.3) is 0 Å². The molecule has 24 heavy (non-hydrogen) atoms. The van der Waals surface area contributed by atoms with Crippen molar-refractivity contribution in [2.75, 3.05) is 38.5 Å². The van der Waals surface area contributed by atoms with Crippen LogP contribution in [-0.2, 0) is 13.0 Å². The summed E-state index contributed by atoms with van der Waals surface area (Å²) < 4.78 is 5.54. The third-order valence-corrected chi connectivity index (χ3v) is 4.50. The number of nitrogens with zero attached hydrogens (tertiary/aromatic N) is 3. The molecular formula is C18H27N5O. The Hall–Kier alpha value is -1.92. The van der Waals surface area contributed by atoms with Gasteiger partial charge in [-0.3, -0.25) is 0 Å². The van der Waals surface area contributed by atoms with Crippen molar-refractivity contribution in [2.24, 2.45) is 5.92 Å². The van der Waals surface area contributed by atoms with E-state index in [1.54, 1.807) is 0 Å². The van der Waals surface area contributed by atoms with E-state index in [9.17, 15) is 0 Å². The first kappa shape index (κ1) is 16.9. The monoisotopic (exact) mass is 329 g/mol. The van der Waals surface area contributed by atoms with Crippen LogP contribution in [0.15, 0.2) is 34.7 Å². The van der Waals surface area contributed by atoms with Gasteiger partial charge in [0.15, 0.2) is 0 Å². The molecule has 1 saturated heterocycles. The molecule has 0 amide bonds. The van der Waals surface area contributed by atoms with Crippen molar-refractivity contribution in [3.8, 4) is 0 Å². The van der Waals surface area contributed by atoms with E-state index in [0.717, 1.165) is 26.1 Å². The van der Waals surface area contributed by atoms with Gasteiger partial charge in [0.05, 0.1) is 6.54 Å². The molecule has 6 nitrogen and oxygen atoms in total. The Kier molecular flexibility index (Phi) is 6.20. The summed E-state index contributed by atoms with van der Waals surface area (Å²) in [6, 6.07) is 11.3. The van der Waals surface area contributed by atoms with Crippen LogP contribution >= 0.6 is 0 Å². The molecule has 1 unspecified atom stereocenters. The minimum absolute atomic E-state index is 0.529. The number of hydrogen-bond donors (Lipinski definition) is 2. The van der Waals surface area contributed by atoms with Crippen molar-refractivity contribution in [2.45, 2.75) is 25.8 Å². The number of anilines is 1. The lowest BCUT2D eigenvalue weighted by Gasteiger charge is -2.32. The third-order valence-electron chi connectivity index (χ3n) is 4.50. The first-order valence-electron chi connectivity index (χ1n) is 8.80. The molecule has 1 fully saturated rings. The molecule has 2 N–H and O–H groups in total. The molecule has 0 saturated carbocycles. The quantitative estimate of drug-likeness (QED) is 0.774. The van der Waals surface area contributed by atoms with E-state index in [2.05, 4.69) is 56.1 Å². The third kappa shape index (κ3) is 5.04. The fourth-order valence-corrected chi connectivity index (χ4v) is 3.23. The standard InChI is InChI=1S/C18H27N5O/c1-19-13-17-21-22-18(24-17)20-12-16-8-5-10-23(14-16)11-9-15-6-3-2-4-7-15/h2-4,6-7,16,19H,5,8-14H2,1H3,(H,20,22). The summed E-state index contributed by atoms with van der Waals surface area (Å²) in [6.45, 7) is 4.97. The molecule has 2 aromatic rings. The van der Waals surface area contributed by atoms with Gasteiger partial charge in [0.2, 0.25) is 5.89 Å². The highest BCUT2D eigenvalue weighted by molar-refractivity contribution is 5.17. The van der Waals surface area contributed by atoms with Crippen LogP contribution in [0.25, 0.3) is 0 Å². The smallest absolute Gasteiger partial charge is 0.315 e. The summed E-state index contributed by atoms with van der Waals surface area (Å²) in [4.78, 5) is 2.57. The Morgan fingerprint density at radius 3 is 2.96 bits per heavy atom. The number of piperidine rings is 1. The Labute approximate surface area is 143 Å². The summed E-state index contributed by atoms with van der Waals surface area (Å²) in [5, 5.41) is 14.3. The highest BCUT2D eigenvalue weighted by Gasteiger charge is 2.20. The normalized spacial score (nSPS) is 18.6. The molecule has 1 aliphatic rings. The highest BCUT2D eigenvalue weighted by Crippen LogP contribution is 2.18. The number of hydrogen-bond acceptors (Lipinski definition) is 6. The number of aromatic nitrogens is 2. The van der Waals surface area contributed by atoms with Gasteiger partial charge in [-0.05, 0) is 44.3 Å². The molecular weight excluding hydrogens is 302 g/mol. The van der Waals surface area contributed by atoms with Gasteiger partial charge in [0, 0.05) is 19.6 Å². The van der Waals surface area contributed by atoms with E-state index in [-0.39, 0.29) is 0 Å². The van der Waals surface area contributed by atoms with Crippen LogP contribution in [0.4, 0.5) is 6.01 Å². The van der Waals surface area contributed by atoms with Crippen molar-refractivity contribution in [3.63, 3.8) is 0 Å². The first-order valence-corrected chi connectivity index (χ1v) is 8.80. The SMILES string of the molecule is CNCc1nnc(NCC2CCCN(CCc3ccccc3)C2)o1. The number of likely N-dealkylation sites (tertiary alicyclic amines) is 1. The number of rotatable bonds is 8. The van der Waals surface area contributed by atoms with Crippen LogP contribution in [0.2, 0.25) is 0 Å². The topological polar surface area (TPSA) is 66.2 Å². The van der Waals surface area contributed by atoms with E-state index in [0.29, 0.717) is 24.4 Å². The fraction of sp³-hybridized carbons (Fsp3) is 0.556. The Morgan fingerprint density at radius 2 is 2.12 bits per heavy atom. The zero-order valence-corrected chi connectivity index (χ0v) is 14.4. The number of benzene rings is 1. The predicted molar refractivity (Wildman–Crippen MR) is 94.9 cm³/mol. The molecule has 6 heteroatoms. The minimum atomic E-state index is 0.529. The van der Waals surface area contributed by atoms with Crippen molar-refractivity contribution in [3.05, 3.63) is 41.8 Å². The van der Waals surface area contributed by atoms with Crippen LogP contribution in [-0.4, -0.2) is 48.3 Å². The molecule has 2 heterocycles. The van der Waals surface area contributed by atoms with Crippen LogP contribution < -0.4 is 10.6 Å².